The van der Waals surface area contributed by atoms with Gasteiger partial charge in [-0.1, -0.05) is 0 Å². The van der Waals surface area contributed by atoms with Crippen LogP contribution in [0.3, 0.4) is 0 Å². The van der Waals surface area contributed by atoms with Gasteiger partial charge in [0.1, 0.15) is 0 Å². The summed E-state index contributed by atoms with van der Waals surface area (Å²) >= 11 is 0. The predicted molar refractivity (Wildman–Crippen MR) is 34.4 cm³/mol. The van der Waals surface area contributed by atoms with Crippen LogP contribution < -0.4 is 0 Å². The molecule has 0 aliphatic carbocycles. The number of hydrogen-bond acceptors (Lipinski definition) is 3. The van der Waals surface area contributed by atoms with Crippen LogP contribution in [0.15, 0.2) is 0 Å². The van der Waals surface area contributed by atoms with Crippen molar-refractivity contribution < 1.29 is 14.6 Å². The zero-order valence-electron chi connectivity index (χ0n) is 5.42. The van der Waals surface area contributed by atoms with Gasteiger partial charge in [-0.2, -0.15) is 0 Å². The molecular weight excluding hydrogens is 132 g/mol. The number of terminal acetylenes is 1. The maximum atomic E-state index is 10.2. The van der Waals surface area contributed by atoms with E-state index in [-0.39, 0.29) is 0 Å². The number of carbonyl (C=O) groups excluding carboxylic acids is 1. The third kappa shape index (κ3) is 3.54. The van der Waals surface area contributed by atoms with Gasteiger partial charge in [0.15, 0.2) is 0 Å². The summed E-state index contributed by atoms with van der Waals surface area (Å²) in [4.78, 5) is 10.2. The Morgan fingerprint density at radius 2 is 2.40 bits per heavy atom. The average molecular weight is 138 g/mol. The van der Waals surface area contributed by atoms with Gasteiger partial charge in [0.2, 0.25) is 0 Å². The van der Waals surface area contributed by atoms with Crippen LogP contribution in [-0.4, -0.2) is 17.4 Å². The predicted octanol–water partition coefficient (Wildman–Crippen LogP) is -0.496. The Balaban J connectivity index is 3.78. The second kappa shape index (κ2) is 4.43. The molecule has 52 valence electrons. The number of hydrogen-bond donors (Lipinski definition) is 1. The van der Waals surface area contributed by atoms with E-state index in [0.717, 1.165) is 0 Å². The van der Waals surface area contributed by atoms with E-state index >= 15 is 0 Å². The molecule has 0 fully saturated rings. The van der Waals surface area contributed by atoms with Crippen molar-refractivity contribution in [1.82, 2.24) is 0 Å². The molecule has 0 spiro atoms. The molecule has 10 heavy (non-hydrogen) atoms. The zero-order chi connectivity index (χ0) is 7.98. The Morgan fingerprint density at radius 3 is 2.80 bits per heavy atom. The van der Waals surface area contributed by atoms with Gasteiger partial charge in [-0.15, -0.1) is 12.3 Å². The summed E-state index contributed by atoms with van der Waals surface area (Å²) in [6.07, 6.45) is 3.22. The molecule has 0 rings (SSSR count). The van der Waals surface area contributed by atoms with Crippen molar-refractivity contribution in [1.29, 1.82) is 0 Å². The third-order valence-electron chi connectivity index (χ3n) is 0.604. The number of ether oxygens (including phenoxy) is 1. The van der Waals surface area contributed by atoms with Crippen LogP contribution in [0.2, 0.25) is 0 Å². The van der Waals surface area contributed by atoms with E-state index in [0.29, 0.717) is 0 Å². The molecule has 0 aromatic rings. The fraction of sp³-hybridized carbons (Fsp3) is 0.286. The second-order valence-electron chi connectivity index (χ2n) is 1.30. The monoisotopic (exact) mass is 138 g/mol. The molecule has 1 atom stereocenters. The van der Waals surface area contributed by atoms with Crippen molar-refractivity contribution in [2.24, 2.45) is 0 Å². The first kappa shape index (κ1) is 8.55. The molecule has 0 aliphatic heterocycles. The molecule has 0 aromatic carbocycles. The molecule has 0 aliphatic rings. The van der Waals surface area contributed by atoms with E-state index < -0.39 is 12.3 Å². The van der Waals surface area contributed by atoms with Gasteiger partial charge in [0.25, 0.3) is 6.29 Å². The van der Waals surface area contributed by atoms with Crippen molar-refractivity contribution >= 4 is 5.97 Å². The van der Waals surface area contributed by atoms with Gasteiger partial charge < -0.3 is 9.84 Å². The second-order valence-corrected chi connectivity index (χ2v) is 1.30. The largest absolute Gasteiger partial charge is 0.414 e. The minimum absolute atomic E-state index is 0.921. The van der Waals surface area contributed by atoms with Crippen molar-refractivity contribution in [3.05, 3.63) is 0 Å². The smallest absolute Gasteiger partial charge is 0.387 e. The molecule has 0 saturated carbocycles. The summed E-state index contributed by atoms with van der Waals surface area (Å²) in [5.74, 6) is 5.27. The zero-order valence-corrected chi connectivity index (χ0v) is 5.42. The highest BCUT2D eigenvalue weighted by Crippen LogP contribution is 1.83. The van der Waals surface area contributed by atoms with Crippen LogP contribution in [0, 0.1) is 24.2 Å². The quantitative estimate of drug-likeness (QED) is 0.230. The van der Waals surface area contributed by atoms with Crippen LogP contribution in [0.5, 0.6) is 0 Å². The lowest BCUT2D eigenvalue weighted by molar-refractivity contribution is -0.152. The van der Waals surface area contributed by atoms with Crippen molar-refractivity contribution in [2.45, 2.75) is 13.2 Å². The molecule has 3 heteroatoms. The lowest BCUT2D eigenvalue weighted by atomic mass is 10.6. The molecule has 3 nitrogen and oxygen atoms in total. The minimum Gasteiger partial charge on any atom is -0.414 e. The molecule has 0 bridgehead atoms. The van der Waals surface area contributed by atoms with Crippen molar-refractivity contribution in [3.8, 4) is 24.2 Å². The van der Waals surface area contributed by atoms with E-state index in [1.807, 2.05) is 0 Å². The Kier molecular flexibility index (Phi) is 3.79. The fourth-order valence-electron chi connectivity index (χ4n) is 0.288. The number of carbonyl (C=O) groups is 1. The van der Waals surface area contributed by atoms with Crippen molar-refractivity contribution in [3.63, 3.8) is 0 Å². The lowest BCUT2D eigenvalue weighted by Gasteiger charge is -1.99. The maximum absolute atomic E-state index is 10.2. The highest BCUT2D eigenvalue weighted by atomic mass is 16.6. The molecule has 0 amide bonds. The standard InChI is InChI=1S/C7H6O3/c1-3-5-7(9)10-6(8)4-2/h2,7,9H,1H3. The van der Waals surface area contributed by atoms with E-state index in [1.54, 1.807) is 5.92 Å². The maximum Gasteiger partial charge on any atom is 0.387 e. The summed E-state index contributed by atoms with van der Waals surface area (Å²) in [5.41, 5.74) is 0. The van der Waals surface area contributed by atoms with Crippen LogP contribution in [0.1, 0.15) is 6.92 Å². The van der Waals surface area contributed by atoms with Crippen LogP contribution in [-0.2, 0) is 9.53 Å². The number of rotatable bonds is 1. The van der Waals surface area contributed by atoms with Crippen molar-refractivity contribution in [2.75, 3.05) is 0 Å². The van der Waals surface area contributed by atoms with Gasteiger partial charge in [-0.05, 0) is 12.8 Å². The fourth-order valence-corrected chi connectivity index (χ4v) is 0.288. The first-order chi connectivity index (χ1) is 4.70. The summed E-state index contributed by atoms with van der Waals surface area (Å²) in [7, 11) is 0. The Hall–Kier alpha value is -1.45. The van der Waals surface area contributed by atoms with Gasteiger partial charge in [0.05, 0.1) is 0 Å². The first-order valence-electron chi connectivity index (χ1n) is 2.48. The highest BCUT2D eigenvalue weighted by molar-refractivity contribution is 5.87. The van der Waals surface area contributed by atoms with Crippen LogP contribution >= 0.6 is 0 Å². The Labute approximate surface area is 59.0 Å². The summed E-state index contributed by atoms with van der Waals surface area (Å²) in [6, 6.07) is 0. The summed E-state index contributed by atoms with van der Waals surface area (Å²) < 4.78 is 4.15. The molecule has 0 heterocycles. The molecule has 0 saturated heterocycles. The molecule has 0 aromatic heterocycles. The van der Waals surface area contributed by atoms with Gasteiger partial charge in [-0.3, -0.25) is 0 Å². The van der Waals surface area contributed by atoms with Gasteiger partial charge >= 0.3 is 5.97 Å². The van der Waals surface area contributed by atoms with Crippen LogP contribution in [0.25, 0.3) is 0 Å². The highest BCUT2D eigenvalue weighted by Gasteiger charge is 2.02. The SMILES string of the molecule is C#CC(=O)OC(O)C#CC. The average Bonchev–Trinajstić information content (AvgIpc) is 1.88. The molecule has 1 N–H and O–H groups in total. The topological polar surface area (TPSA) is 46.5 Å². The number of aliphatic hydroxyl groups excluding tert-OH is 1. The Bertz CT molecular complexity index is 213. The van der Waals surface area contributed by atoms with E-state index in [1.165, 1.54) is 6.92 Å². The third-order valence-corrected chi connectivity index (χ3v) is 0.604. The lowest BCUT2D eigenvalue weighted by Crippen LogP contribution is -2.13. The normalized spacial score (nSPS) is 10.1. The van der Waals surface area contributed by atoms with Crippen LogP contribution in [0.4, 0.5) is 0 Å². The van der Waals surface area contributed by atoms with Gasteiger partial charge in [0, 0.05) is 5.92 Å². The Morgan fingerprint density at radius 1 is 1.80 bits per heavy atom. The minimum atomic E-state index is -1.41. The van der Waals surface area contributed by atoms with Gasteiger partial charge in [-0.25, -0.2) is 4.79 Å². The first-order valence-corrected chi connectivity index (χ1v) is 2.48. The summed E-state index contributed by atoms with van der Waals surface area (Å²) in [5, 5.41) is 8.64. The molecular formula is C7H6O3. The van der Waals surface area contributed by atoms with E-state index in [9.17, 15) is 4.79 Å². The molecule has 0 radical (unpaired) electrons. The summed E-state index contributed by atoms with van der Waals surface area (Å²) in [6.45, 7) is 1.51. The number of esters is 1. The van der Waals surface area contributed by atoms with E-state index in [4.69, 9.17) is 5.11 Å². The number of aliphatic hydroxyl groups is 1. The van der Waals surface area contributed by atoms with E-state index in [2.05, 4.69) is 23.0 Å². The molecule has 1 unspecified atom stereocenters.